The van der Waals surface area contributed by atoms with Crippen LogP contribution in [-0.4, -0.2) is 18.3 Å². The van der Waals surface area contributed by atoms with Crippen LogP contribution in [0, 0.1) is 5.92 Å². The van der Waals surface area contributed by atoms with Crippen LogP contribution in [-0.2, 0) is 15.7 Å². The van der Waals surface area contributed by atoms with Crippen molar-refractivity contribution in [2.45, 2.75) is 59.2 Å². The summed E-state index contributed by atoms with van der Waals surface area (Å²) in [4.78, 5) is 0. The van der Waals surface area contributed by atoms with Gasteiger partial charge in [0.25, 0.3) is 0 Å². The highest BCUT2D eigenvalue weighted by Crippen LogP contribution is 2.43. The molecule has 0 spiro atoms. The summed E-state index contributed by atoms with van der Waals surface area (Å²) in [6.45, 7) is 13.1. The lowest BCUT2D eigenvalue weighted by Gasteiger charge is -2.32. The van der Waals surface area contributed by atoms with Crippen molar-refractivity contribution < 1.29 is 9.31 Å². The normalized spacial score (nSPS) is 16.7. The van der Waals surface area contributed by atoms with Crippen LogP contribution in [0.2, 0.25) is 0 Å². The van der Waals surface area contributed by atoms with E-state index >= 15 is 0 Å². The first kappa shape index (κ1) is 25.4. The minimum Gasteiger partial charge on any atom is -0.399 e. The van der Waals surface area contributed by atoms with Crippen molar-refractivity contribution in [1.29, 1.82) is 0 Å². The molecule has 2 nitrogen and oxygen atoms in total. The van der Waals surface area contributed by atoms with Crippen LogP contribution in [0.1, 0.15) is 47.1 Å². The Bertz CT molecular complexity index is 1620. The number of hydrogen-bond donors (Lipinski definition) is 0. The first-order chi connectivity index (χ1) is 18.1. The fourth-order valence-corrected chi connectivity index (χ4v) is 6.84. The predicted octanol–water partition coefficient (Wildman–Crippen LogP) is 8.89. The Morgan fingerprint density at radius 2 is 1.34 bits per heavy atom. The Morgan fingerprint density at radius 1 is 0.684 bits per heavy atom. The Morgan fingerprint density at radius 3 is 2.03 bits per heavy atom. The first-order valence-corrected chi connectivity index (χ1v) is 14.4. The maximum Gasteiger partial charge on any atom is 0.496 e. The Labute approximate surface area is 230 Å². The van der Waals surface area contributed by atoms with E-state index in [1.807, 2.05) is 11.3 Å². The molecule has 1 aliphatic rings. The third-order valence-electron chi connectivity index (χ3n) is 8.19. The molecule has 38 heavy (non-hydrogen) atoms. The number of rotatable bonds is 5. The molecular formula is C34H35BO2S. The van der Waals surface area contributed by atoms with E-state index in [0.717, 1.165) is 11.9 Å². The molecule has 4 aromatic carbocycles. The average Bonchev–Trinajstić information content (AvgIpc) is 3.37. The lowest BCUT2D eigenvalue weighted by Crippen LogP contribution is -2.41. The van der Waals surface area contributed by atoms with Crippen LogP contribution < -0.4 is 5.46 Å². The minimum absolute atomic E-state index is 0.367. The van der Waals surface area contributed by atoms with Gasteiger partial charge in [0.15, 0.2) is 0 Å². The molecule has 0 unspecified atom stereocenters. The molecule has 1 aliphatic heterocycles. The van der Waals surface area contributed by atoms with Gasteiger partial charge in [-0.25, -0.2) is 0 Å². The monoisotopic (exact) mass is 518 g/mol. The van der Waals surface area contributed by atoms with Gasteiger partial charge in [0.1, 0.15) is 0 Å². The average molecular weight is 519 g/mol. The third-order valence-corrected chi connectivity index (χ3v) is 9.50. The molecule has 0 saturated carbocycles. The topological polar surface area (TPSA) is 18.5 Å². The maximum absolute atomic E-state index is 6.47. The smallest absolute Gasteiger partial charge is 0.399 e. The molecule has 0 radical (unpaired) electrons. The molecule has 0 N–H and O–H groups in total. The largest absolute Gasteiger partial charge is 0.496 e. The predicted molar refractivity (Wildman–Crippen MR) is 164 cm³/mol. The zero-order valence-electron chi connectivity index (χ0n) is 23.2. The molecule has 2 heterocycles. The van der Waals surface area contributed by atoms with Gasteiger partial charge in [-0.15, -0.1) is 11.3 Å². The van der Waals surface area contributed by atoms with E-state index in [4.69, 9.17) is 9.31 Å². The first-order valence-electron chi connectivity index (χ1n) is 13.6. The molecule has 0 aliphatic carbocycles. The molecule has 1 saturated heterocycles. The Balaban J connectivity index is 1.51. The molecule has 5 aromatic rings. The highest BCUT2D eigenvalue weighted by Gasteiger charge is 2.52. The van der Waals surface area contributed by atoms with Crippen molar-refractivity contribution in [3.8, 4) is 22.3 Å². The molecule has 192 valence electrons. The summed E-state index contributed by atoms with van der Waals surface area (Å²) in [5.74, 6) is 0.566. The second kappa shape index (κ2) is 9.38. The fourth-order valence-electron chi connectivity index (χ4n) is 5.49. The number of fused-ring (bicyclic) bond motifs is 3. The van der Waals surface area contributed by atoms with Crippen LogP contribution in [0.3, 0.4) is 0 Å². The summed E-state index contributed by atoms with van der Waals surface area (Å²) in [5.41, 5.74) is 6.95. The van der Waals surface area contributed by atoms with E-state index in [1.54, 1.807) is 0 Å². The van der Waals surface area contributed by atoms with E-state index in [9.17, 15) is 0 Å². The summed E-state index contributed by atoms with van der Waals surface area (Å²) in [7, 11) is -0.373. The summed E-state index contributed by atoms with van der Waals surface area (Å²) in [6.07, 6.45) is 1.04. The molecule has 1 fully saturated rings. The van der Waals surface area contributed by atoms with Gasteiger partial charge in [-0.2, -0.15) is 0 Å². The molecule has 0 amide bonds. The van der Waals surface area contributed by atoms with Gasteiger partial charge < -0.3 is 9.31 Å². The van der Waals surface area contributed by atoms with E-state index in [2.05, 4.69) is 126 Å². The van der Waals surface area contributed by atoms with Gasteiger partial charge in [-0.3, -0.25) is 0 Å². The maximum atomic E-state index is 6.47. The van der Waals surface area contributed by atoms with Crippen LogP contribution in [0.15, 0.2) is 84.9 Å². The molecule has 0 bridgehead atoms. The Hall–Kier alpha value is -2.92. The van der Waals surface area contributed by atoms with Gasteiger partial charge in [-0.1, -0.05) is 98.8 Å². The number of hydrogen-bond acceptors (Lipinski definition) is 3. The second-order valence-electron chi connectivity index (χ2n) is 11.9. The van der Waals surface area contributed by atoms with E-state index in [-0.39, 0.29) is 18.3 Å². The molecular weight excluding hydrogens is 483 g/mol. The van der Waals surface area contributed by atoms with E-state index in [0.29, 0.717) is 5.92 Å². The summed E-state index contributed by atoms with van der Waals surface area (Å²) in [6, 6.07) is 31.0. The second-order valence-corrected chi connectivity index (χ2v) is 13.0. The van der Waals surface area contributed by atoms with Crippen molar-refractivity contribution in [1.82, 2.24) is 0 Å². The van der Waals surface area contributed by atoms with E-state index < -0.39 is 0 Å². The highest BCUT2D eigenvalue weighted by atomic mass is 32.1. The zero-order valence-corrected chi connectivity index (χ0v) is 24.0. The lowest BCUT2D eigenvalue weighted by atomic mass is 9.78. The Kier molecular flexibility index (Phi) is 6.26. The fraction of sp³-hybridized carbons (Fsp3) is 0.294. The van der Waals surface area contributed by atoms with Gasteiger partial charge in [0.05, 0.1) is 11.2 Å². The van der Waals surface area contributed by atoms with Crippen molar-refractivity contribution in [2.75, 3.05) is 0 Å². The lowest BCUT2D eigenvalue weighted by molar-refractivity contribution is 0.00578. The minimum atomic E-state index is -0.373. The standard InChI is InChI=1S/C34H35BO2S/c1-22(2)20-25-21-24(23-12-8-7-9-13-23)18-19-26(25)27-14-10-15-28-29-16-11-17-30(32(29)38-31(27)28)35-36-33(3,4)34(5,6)37-35/h7-19,21-22H,20H2,1-6H3. The summed E-state index contributed by atoms with van der Waals surface area (Å²) < 4.78 is 15.5. The SMILES string of the molecule is CC(C)Cc1cc(-c2ccccc2)ccc1-c1cccc2c1sc1c(B3OC(C)(C)C(C)(C)O3)cccc12. The van der Waals surface area contributed by atoms with Gasteiger partial charge in [-0.05, 0) is 73.2 Å². The number of benzene rings is 4. The molecule has 0 atom stereocenters. The van der Waals surface area contributed by atoms with Gasteiger partial charge in [0, 0.05) is 20.2 Å². The number of thiophene rings is 1. The third kappa shape index (κ3) is 4.29. The van der Waals surface area contributed by atoms with Crippen LogP contribution in [0.25, 0.3) is 42.4 Å². The van der Waals surface area contributed by atoms with Crippen molar-refractivity contribution in [3.63, 3.8) is 0 Å². The summed E-state index contributed by atoms with van der Waals surface area (Å²) >= 11 is 1.87. The molecule has 6 rings (SSSR count). The van der Waals surface area contributed by atoms with Crippen molar-refractivity contribution in [3.05, 3.63) is 90.5 Å². The van der Waals surface area contributed by atoms with Crippen LogP contribution >= 0.6 is 11.3 Å². The van der Waals surface area contributed by atoms with Gasteiger partial charge >= 0.3 is 7.12 Å². The summed E-state index contributed by atoms with van der Waals surface area (Å²) in [5, 5.41) is 2.56. The zero-order chi connectivity index (χ0) is 26.7. The molecule has 4 heteroatoms. The van der Waals surface area contributed by atoms with Gasteiger partial charge in [0.2, 0.25) is 0 Å². The van der Waals surface area contributed by atoms with E-state index in [1.165, 1.54) is 48.0 Å². The highest BCUT2D eigenvalue weighted by molar-refractivity contribution is 7.27. The van der Waals surface area contributed by atoms with Crippen LogP contribution in [0.4, 0.5) is 0 Å². The van der Waals surface area contributed by atoms with Crippen molar-refractivity contribution >= 4 is 44.1 Å². The molecule has 1 aromatic heterocycles. The van der Waals surface area contributed by atoms with Crippen LogP contribution in [0.5, 0.6) is 0 Å². The van der Waals surface area contributed by atoms with Crippen molar-refractivity contribution in [2.24, 2.45) is 5.92 Å². The quantitative estimate of drug-likeness (QED) is 0.216.